The number of hydrogen-bond acceptors (Lipinski definition) is 3. The molecular formula is C10H18N4O. The Balaban J connectivity index is 2.67. The lowest BCUT2D eigenvalue weighted by Gasteiger charge is -2.20. The molecule has 4 N–H and O–H groups in total. The van der Waals surface area contributed by atoms with Crippen molar-refractivity contribution in [2.75, 3.05) is 6.54 Å². The average Bonchev–Trinajstić information content (AvgIpc) is 2.60. The molecular weight excluding hydrogens is 192 g/mol. The Labute approximate surface area is 89.4 Å². The first-order valence-electron chi connectivity index (χ1n) is 5.07. The van der Waals surface area contributed by atoms with Gasteiger partial charge in [0, 0.05) is 18.3 Å². The molecule has 5 heteroatoms. The Morgan fingerprint density at radius 3 is 2.73 bits per heavy atom. The number of carbonyl (C=O) groups excluding carboxylic acids is 1. The number of nitrogens with one attached hydrogen (secondary N) is 2. The molecule has 1 heterocycles. The Kier molecular flexibility index (Phi) is 3.85. The van der Waals surface area contributed by atoms with E-state index in [1.165, 1.54) is 6.20 Å². The zero-order valence-electron chi connectivity index (χ0n) is 9.37. The molecule has 15 heavy (non-hydrogen) atoms. The van der Waals surface area contributed by atoms with Crippen LogP contribution in [0.4, 0.5) is 0 Å². The number of H-pyrrole nitrogens is 1. The average molecular weight is 210 g/mol. The van der Waals surface area contributed by atoms with E-state index in [0.29, 0.717) is 18.0 Å². The fraction of sp³-hybridized carbons (Fsp3) is 0.600. The van der Waals surface area contributed by atoms with Crippen LogP contribution >= 0.6 is 0 Å². The first-order valence-corrected chi connectivity index (χ1v) is 5.07. The van der Waals surface area contributed by atoms with Crippen molar-refractivity contribution in [2.45, 2.75) is 26.8 Å². The molecule has 0 saturated heterocycles. The lowest BCUT2D eigenvalue weighted by molar-refractivity contribution is 0.0927. The summed E-state index contributed by atoms with van der Waals surface area (Å²) in [6.45, 7) is 6.31. The van der Waals surface area contributed by atoms with Crippen molar-refractivity contribution in [3.8, 4) is 0 Å². The quantitative estimate of drug-likeness (QED) is 0.674. The maximum atomic E-state index is 11.8. The van der Waals surface area contributed by atoms with E-state index < -0.39 is 0 Å². The van der Waals surface area contributed by atoms with Crippen LogP contribution < -0.4 is 11.1 Å². The molecule has 1 amide bonds. The summed E-state index contributed by atoms with van der Waals surface area (Å²) in [7, 11) is 0. The van der Waals surface area contributed by atoms with E-state index in [9.17, 15) is 4.79 Å². The van der Waals surface area contributed by atoms with Crippen molar-refractivity contribution >= 4 is 5.91 Å². The predicted molar refractivity (Wildman–Crippen MR) is 58.5 cm³/mol. The van der Waals surface area contributed by atoms with Crippen LogP contribution in [-0.2, 0) is 0 Å². The zero-order valence-corrected chi connectivity index (χ0v) is 9.37. The van der Waals surface area contributed by atoms with Crippen LogP contribution in [0.15, 0.2) is 6.20 Å². The number of aromatic amines is 1. The van der Waals surface area contributed by atoms with Gasteiger partial charge in [-0.3, -0.25) is 9.89 Å². The van der Waals surface area contributed by atoms with Gasteiger partial charge in [0.2, 0.25) is 0 Å². The minimum atomic E-state index is -0.120. The van der Waals surface area contributed by atoms with E-state index in [1.807, 2.05) is 20.8 Å². The second kappa shape index (κ2) is 4.93. The fourth-order valence-corrected chi connectivity index (χ4v) is 1.32. The largest absolute Gasteiger partial charge is 0.348 e. The summed E-state index contributed by atoms with van der Waals surface area (Å²) >= 11 is 0. The van der Waals surface area contributed by atoms with E-state index in [-0.39, 0.29) is 11.9 Å². The van der Waals surface area contributed by atoms with E-state index in [1.54, 1.807) is 0 Å². The molecule has 0 aliphatic rings. The molecule has 1 rings (SSSR count). The molecule has 0 aromatic carbocycles. The second-order valence-corrected chi connectivity index (χ2v) is 3.97. The van der Waals surface area contributed by atoms with E-state index in [4.69, 9.17) is 5.73 Å². The number of aromatic nitrogens is 2. The Morgan fingerprint density at radius 1 is 1.67 bits per heavy atom. The van der Waals surface area contributed by atoms with Gasteiger partial charge in [0.15, 0.2) is 0 Å². The van der Waals surface area contributed by atoms with Crippen molar-refractivity contribution in [1.82, 2.24) is 15.5 Å². The van der Waals surface area contributed by atoms with Crippen molar-refractivity contribution < 1.29 is 4.79 Å². The molecule has 0 bridgehead atoms. The summed E-state index contributed by atoms with van der Waals surface area (Å²) in [4.78, 5) is 11.8. The van der Waals surface area contributed by atoms with Crippen LogP contribution in [0.25, 0.3) is 0 Å². The van der Waals surface area contributed by atoms with E-state index >= 15 is 0 Å². The molecule has 5 nitrogen and oxygen atoms in total. The summed E-state index contributed by atoms with van der Waals surface area (Å²) in [5.74, 6) is 0.205. The third-order valence-electron chi connectivity index (χ3n) is 2.45. The van der Waals surface area contributed by atoms with Crippen molar-refractivity contribution in [3.63, 3.8) is 0 Å². The summed E-state index contributed by atoms with van der Waals surface area (Å²) in [6.07, 6.45) is 1.53. The van der Waals surface area contributed by atoms with Crippen LogP contribution in [0, 0.1) is 12.8 Å². The van der Waals surface area contributed by atoms with Crippen LogP contribution in [0.3, 0.4) is 0 Å². The summed E-state index contributed by atoms with van der Waals surface area (Å²) < 4.78 is 0. The number of aryl methyl sites for hydroxylation is 1. The molecule has 1 aromatic rings. The number of nitrogens with two attached hydrogens (primary N) is 1. The number of amides is 1. The molecule has 1 unspecified atom stereocenters. The summed E-state index contributed by atoms with van der Waals surface area (Å²) in [5.41, 5.74) is 6.92. The maximum Gasteiger partial charge on any atom is 0.255 e. The fourth-order valence-electron chi connectivity index (χ4n) is 1.32. The van der Waals surface area contributed by atoms with Crippen LogP contribution in [-0.4, -0.2) is 28.7 Å². The van der Waals surface area contributed by atoms with Crippen molar-refractivity contribution in [3.05, 3.63) is 17.5 Å². The van der Waals surface area contributed by atoms with Gasteiger partial charge in [0.1, 0.15) is 0 Å². The maximum absolute atomic E-state index is 11.8. The first kappa shape index (κ1) is 11.7. The SMILES string of the molecule is Cc1[nH]ncc1C(=O)NC(CN)C(C)C. The standard InChI is InChI=1S/C10H18N4O/c1-6(2)9(4-11)13-10(15)8-5-12-14-7(8)3/h5-6,9H,4,11H2,1-3H3,(H,12,14)(H,13,15). The Hall–Kier alpha value is -1.36. The predicted octanol–water partition coefficient (Wildman–Crippen LogP) is 0.431. The van der Waals surface area contributed by atoms with Gasteiger partial charge in [0.25, 0.3) is 5.91 Å². The van der Waals surface area contributed by atoms with Gasteiger partial charge in [0.05, 0.1) is 11.8 Å². The first-order chi connectivity index (χ1) is 7.06. The van der Waals surface area contributed by atoms with Crippen LogP contribution in [0.2, 0.25) is 0 Å². The topological polar surface area (TPSA) is 83.8 Å². The number of rotatable bonds is 4. The molecule has 1 aromatic heterocycles. The van der Waals surface area contributed by atoms with Gasteiger partial charge >= 0.3 is 0 Å². The van der Waals surface area contributed by atoms with Gasteiger partial charge in [-0.05, 0) is 12.8 Å². The smallest absolute Gasteiger partial charge is 0.255 e. The Morgan fingerprint density at radius 2 is 2.33 bits per heavy atom. The molecule has 0 saturated carbocycles. The minimum Gasteiger partial charge on any atom is -0.348 e. The van der Waals surface area contributed by atoms with Crippen LogP contribution in [0.5, 0.6) is 0 Å². The summed E-state index contributed by atoms with van der Waals surface area (Å²) in [5, 5.41) is 9.42. The number of hydrogen-bond donors (Lipinski definition) is 3. The monoisotopic (exact) mass is 210 g/mol. The van der Waals surface area contributed by atoms with E-state index in [2.05, 4.69) is 15.5 Å². The molecule has 1 atom stereocenters. The van der Waals surface area contributed by atoms with Gasteiger partial charge in [-0.2, -0.15) is 5.10 Å². The minimum absolute atomic E-state index is 0.00630. The molecule has 0 aliphatic heterocycles. The second-order valence-electron chi connectivity index (χ2n) is 3.97. The zero-order chi connectivity index (χ0) is 11.4. The molecule has 0 fully saturated rings. The van der Waals surface area contributed by atoms with Crippen molar-refractivity contribution in [1.29, 1.82) is 0 Å². The third-order valence-corrected chi connectivity index (χ3v) is 2.45. The lowest BCUT2D eigenvalue weighted by atomic mass is 10.0. The molecule has 0 radical (unpaired) electrons. The third kappa shape index (κ3) is 2.79. The summed E-state index contributed by atoms with van der Waals surface area (Å²) in [6, 6.07) is 0.00630. The Bertz CT molecular complexity index is 332. The van der Waals surface area contributed by atoms with Gasteiger partial charge < -0.3 is 11.1 Å². The highest BCUT2D eigenvalue weighted by molar-refractivity contribution is 5.95. The van der Waals surface area contributed by atoms with Gasteiger partial charge in [-0.25, -0.2) is 0 Å². The molecule has 84 valence electrons. The highest BCUT2D eigenvalue weighted by atomic mass is 16.1. The molecule has 0 aliphatic carbocycles. The number of carbonyl (C=O) groups is 1. The molecule has 0 spiro atoms. The van der Waals surface area contributed by atoms with Crippen molar-refractivity contribution in [2.24, 2.45) is 11.7 Å². The van der Waals surface area contributed by atoms with Gasteiger partial charge in [-0.15, -0.1) is 0 Å². The van der Waals surface area contributed by atoms with Crippen LogP contribution in [0.1, 0.15) is 29.9 Å². The highest BCUT2D eigenvalue weighted by Crippen LogP contribution is 2.05. The lowest BCUT2D eigenvalue weighted by Crippen LogP contribution is -2.43. The normalized spacial score (nSPS) is 12.9. The van der Waals surface area contributed by atoms with E-state index in [0.717, 1.165) is 5.69 Å². The van der Waals surface area contributed by atoms with Gasteiger partial charge in [-0.1, -0.05) is 13.8 Å². The number of nitrogens with zero attached hydrogens (tertiary/aromatic N) is 1. The highest BCUT2D eigenvalue weighted by Gasteiger charge is 2.17.